The van der Waals surface area contributed by atoms with Gasteiger partial charge in [-0.1, -0.05) is 0 Å². The molecule has 3 N–H and O–H groups in total. The molecule has 4 nitrogen and oxygen atoms in total. The van der Waals surface area contributed by atoms with Crippen LogP contribution in [0, 0.1) is 0 Å². The molecule has 16 heavy (non-hydrogen) atoms. The summed E-state index contributed by atoms with van der Waals surface area (Å²) in [5.74, 6) is 0. The third kappa shape index (κ3) is 3.70. The van der Waals surface area contributed by atoms with Crippen molar-refractivity contribution in [1.82, 2.24) is 10.2 Å². The molecular formula is C12H26N2O2. The number of nitrogens with one attached hydrogen (secondary N) is 1. The highest BCUT2D eigenvalue weighted by atomic mass is 16.3. The second-order valence-electron chi connectivity index (χ2n) is 5.43. The number of aliphatic hydroxyl groups is 2. The summed E-state index contributed by atoms with van der Waals surface area (Å²) in [7, 11) is 0. The molecule has 4 heteroatoms. The summed E-state index contributed by atoms with van der Waals surface area (Å²) in [4.78, 5) is 2.47. The van der Waals surface area contributed by atoms with Crippen LogP contribution in [0.1, 0.15) is 33.6 Å². The molecule has 0 saturated carbocycles. The number of piperidine rings is 1. The van der Waals surface area contributed by atoms with Crippen LogP contribution in [-0.2, 0) is 0 Å². The molecule has 0 radical (unpaired) electrons. The zero-order chi connectivity index (χ0) is 12.2. The van der Waals surface area contributed by atoms with Gasteiger partial charge in [-0.2, -0.15) is 0 Å². The Kier molecular flexibility index (Phi) is 5.18. The molecule has 1 heterocycles. The average molecular weight is 230 g/mol. The molecule has 0 bridgehead atoms. The molecule has 1 rings (SSSR count). The molecule has 1 aliphatic rings. The van der Waals surface area contributed by atoms with E-state index in [1.165, 1.54) is 0 Å². The summed E-state index contributed by atoms with van der Waals surface area (Å²) < 4.78 is 0. The van der Waals surface area contributed by atoms with E-state index in [2.05, 4.69) is 24.1 Å². The predicted molar refractivity (Wildman–Crippen MR) is 65.4 cm³/mol. The number of nitrogens with zero attached hydrogens (tertiary/aromatic N) is 1. The van der Waals surface area contributed by atoms with Crippen LogP contribution in [-0.4, -0.2) is 59.0 Å². The third-order valence-corrected chi connectivity index (χ3v) is 3.51. The van der Waals surface area contributed by atoms with Gasteiger partial charge in [-0.15, -0.1) is 0 Å². The van der Waals surface area contributed by atoms with Crippen LogP contribution in [0.25, 0.3) is 0 Å². The summed E-state index contributed by atoms with van der Waals surface area (Å²) in [5.41, 5.74) is -0.537. The van der Waals surface area contributed by atoms with E-state index in [0.29, 0.717) is 12.1 Å². The molecule has 1 fully saturated rings. The van der Waals surface area contributed by atoms with Crippen molar-refractivity contribution in [3.8, 4) is 0 Å². The Hall–Kier alpha value is -0.160. The Labute approximate surface area is 98.6 Å². The van der Waals surface area contributed by atoms with Gasteiger partial charge in [0.25, 0.3) is 0 Å². The minimum atomic E-state index is -0.537. The first-order valence-electron chi connectivity index (χ1n) is 6.24. The van der Waals surface area contributed by atoms with Crippen LogP contribution in [0.5, 0.6) is 0 Å². The number of rotatable bonds is 5. The van der Waals surface area contributed by atoms with Crippen LogP contribution in [0.15, 0.2) is 0 Å². The molecule has 1 saturated heterocycles. The SMILES string of the molecule is CC(C)N1CCC(NC(C)(CO)CO)CC1. The molecule has 0 aromatic carbocycles. The van der Waals surface area contributed by atoms with Crippen LogP contribution >= 0.6 is 0 Å². The zero-order valence-electron chi connectivity index (χ0n) is 10.7. The number of aliphatic hydroxyl groups excluding tert-OH is 2. The molecule has 1 aliphatic heterocycles. The topological polar surface area (TPSA) is 55.7 Å². The van der Waals surface area contributed by atoms with Gasteiger partial charge in [0.1, 0.15) is 0 Å². The van der Waals surface area contributed by atoms with E-state index in [4.69, 9.17) is 0 Å². The zero-order valence-corrected chi connectivity index (χ0v) is 10.7. The fraction of sp³-hybridized carbons (Fsp3) is 1.00. The summed E-state index contributed by atoms with van der Waals surface area (Å²) in [5, 5.41) is 21.8. The molecule has 0 aromatic rings. The first kappa shape index (κ1) is 13.9. The maximum atomic E-state index is 9.22. The Morgan fingerprint density at radius 1 is 1.25 bits per heavy atom. The van der Waals surface area contributed by atoms with Gasteiger partial charge in [-0.05, 0) is 46.7 Å². The lowest BCUT2D eigenvalue weighted by Crippen LogP contribution is -2.56. The lowest BCUT2D eigenvalue weighted by atomic mass is 9.98. The van der Waals surface area contributed by atoms with E-state index in [-0.39, 0.29) is 13.2 Å². The smallest absolute Gasteiger partial charge is 0.0633 e. The van der Waals surface area contributed by atoms with E-state index in [1.54, 1.807) is 0 Å². The van der Waals surface area contributed by atoms with Crippen LogP contribution in [0.4, 0.5) is 0 Å². The monoisotopic (exact) mass is 230 g/mol. The molecule has 0 spiro atoms. The molecule has 0 atom stereocenters. The molecule has 0 aromatic heterocycles. The van der Waals surface area contributed by atoms with Gasteiger partial charge in [-0.3, -0.25) is 0 Å². The highest BCUT2D eigenvalue weighted by molar-refractivity contribution is 4.88. The molecule has 96 valence electrons. The van der Waals surface area contributed by atoms with Crippen molar-refractivity contribution >= 4 is 0 Å². The predicted octanol–water partition coefficient (Wildman–Crippen LogP) is 0.192. The minimum Gasteiger partial charge on any atom is -0.394 e. The van der Waals surface area contributed by atoms with Gasteiger partial charge in [0, 0.05) is 12.1 Å². The standard InChI is InChI=1S/C12H26N2O2/c1-10(2)14-6-4-11(5-7-14)13-12(3,8-15)9-16/h10-11,13,15-16H,4-9H2,1-3H3. The number of likely N-dealkylation sites (tertiary alicyclic amines) is 1. The van der Waals surface area contributed by atoms with E-state index in [9.17, 15) is 10.2 Å². The van der Waals surface area contributed by atoms with Crippen molar-refractivity contribution in [3.05, 3.63) is 0 Å². The fourth-order valence-corrected chi connectivity index (χ4v) is 2.19. The van der Waals surface area contributed by atoms with Gasteiger partial charge in [-0.25, -0.2) is 0 Å². The summed E-state index contributed by atoms with van der Waals surface area (Å²) in [6.45, 7) is 8.47. The molecule has 0 aliphatic carbocycles. The van der Waals surface area contributed by atoms with Crippen LogP contribution in [0.3, 0.4) is 0 Å². The second kappa shape index (κ2) is 5.96. The molecule has 0 unspecified atom stereocenters. The van der Waals surface area contributed by atoms with Crippen molar-refractivity contribution < 1.29 is 10.2 Å². The first-order valence-corrected chi connectivity index (χ1v) is 6.24. The third-order valence-electron chi connectivity index (χ3n) is 3.51. The van der Waals surface area contributed by atoms with E-state index < -0.39 is 5.54 Å². The molecular weight excluding hydrogens is 204 g/mol. The van der Waals surface area contributed by atoms with Gasteiger partial charge < -0.3 is 20.4 Å². The second-order valence-corrected chi connectivity index (χ2v) is 5.43. The van der Waals surface area contributed by atoms with Crippen molar-refractivity contribution in [2.75, 3.05) is 26.3 Å². The van der Waals surface area contributed by atoms with Gasteiger partial charge >= 0.3 is 0 Å². The van der Waals surface area contributed by atoms with Crippen molar-refractivity contribution in [2.24, 2.45) is 0 Å². The summed E-state index contributed by atoms with van der Waals surface area (Å²) in [6.07, 6.45) is 2.18. The number of hydrogen-bond acceptors (Lipinski definition) is 4. The van der Waals surface area contributed by atoms with Crippen LogP contribution in [0.2, 0.25) is 0 Å². The summed E-state index contributed by atoms with van der Waals surface area (Å²) in [6, 6.07) is 1.03. The maximum absolute atomic E-state index is 9.22. The maximum Gasteiger partial charge on any atom is 0.0633 e. The largest absolute Gasteiger partial charge is 0.394 e. The highest BCUT2D eigenvalue weighted by Gasteiger charge is 2.28. The highest BCUT2D eigenvalue weighted by Crippen LogP contribution is 2.15. The van der Waals surface area contributed by atoms with E-state index in [1.807, 2.05) is 6.92 Å². The van der Waals surface area contributed by atoms with Gasteiger partial charge in [0.2, 0.25) is 0 Å². The van der Waals surface area contributed by atoms with Crippen molar-refractivity contribution in [1.29, 1.82) is 0 Å². The normalized spacial score (nSPS) is 20.6. The summed E-state index contributed by atoms with van der Waals surface area (Å²) >= 11 is 0. The Balaban J connectivity index is 2.37. The average Bonchev–Trinajstić information content (AvgIpc) is 2.29. The van der Waals surface area contributed by atoms with Gasteiger partial charge in [0.05, 0.1) is 18.8 Å². The fourth-order valence-electron chi connectivity index (χ4n) is 2.19. The minimum absolute atomic E-state index is 0.0199. The Morgan fingerprint density at radius 2 is 1.75 bits per heavy atom. The lowest BCUT2D eigenvalue weighted by molar-refractivity contribution is 0.0757. The first-order chi connectivity index (χ1) is 7.50. The Morgan fingerprint density at radius 3 is 2.12 bits per heavy atom. The molecule has 0 amide bonds. The van der Waals surface area contributed by atoms with Gasteiger partial charge in [0.15, 0.2) is 0 Å². The number of hydrogen-bond donors (Lipinski definition) is 3. The van der Waals surface area contributed by atoms with E-state index >= 15 is 0 Å². The van der Waals surface area contributed by atoms with Crippen molar-refractivity contribution in [2.45, 2.75) is 51.2 Å². The Bertz CT molecular complexity index is 197. The lowest BCUT2D eigenvalue weighted by Gasteiger charge is -2.39. The van der Waals surface area contributed by atoms with Crippen molar-refractivity contribution in [3.63, 3.8) is 0 Å². The van der Waals surface area contributed by atoms with E-state index in [0.717, 1.165) is 25.9 Å². The van der Waals surface area contributed by atoms with Crippen LogP contribution < -0.4 is 5.32 Å². The quantitative estimate of drug-likeness (QED) is 0.631.